The number of alkyl halides is 1. The summed E-state index contributed by atoms with van der Waals surface area (Å²) in [5.74, 6) is -2.91. The van der Waals surface area contributed by atoms with E-state index in [1.807, 2.05) is 19.1 Å². The van der Waals surface area contributed by atoms with Gasteiger partial charge < -0.3 is 14.9 Å². The number of allylic oxidation sites excluding steroid dienone is 4. The molecule has 8 atom stereocenters. The van der Waals surface area contributed by atoms with E-state index in [1.165, 1.54) is 12.2 Å². The predicted molar refractivity (Wildman–Crippen MR) is 135 cm³/mol. The first kappa shape index (κ1) is 26.9. The predicted octanol–water partition coefficient (Wildman–Crippen LogP) is 2.74. The third kappa shape index (κ3) is 3.59. The Morgan fingerprint density at radius 1 is 1.21 bits per heavy atom. The van der Waals surface area contributed by atoms with Crippen molar-refractivity contribution < 1.29 is 38.3 Å². The average Bonchev–Trinajstić information content (AvgIpc) is 3.07. The van der Waals surface area contributed by atoms with E-state index in [-0.39, 0.29) is 24.7 Å². The molecule has 1 aromatic heterocycles. The highest BCUT2D eigenvalue weighted by atomic mass is 19.1. The Bertz CT molecular complexity index is 1240. The van der Waals surface area contributed by atoms with E-state index in [4.69, 9.17) is 4.74 Å². The molecule has 4 aliphatic carbocycles. The van der Waals surface area contributed by atoms with Crippen LogP contribution in [0.4, 0.5) is 4.39 Å². The van der Waals surface area contributed by atoms with Crippen LogP contribution in [0.2, 0.25) is 0 Å². The van der Waals surface area contributed by atoms with Crippen molar-refractivity contribution in [3.63, 3.8) is 0 Å². The van der Waals surface area contributed by atoms with Crippen molar-refractivity contribution in [2.75, 3.05) is 6.61 Å². The van der Waals surface area contributed by atoms with Crippen molar-refractivity contribution in [3.05, 3.63) is 53.9 Å². The highest BCUT2D eigenvalue weighted by Crippen LogP contribution is 2.70. The third-order valence-electron chi connectivity index (χ3n) is 10.4. The molecule has 2 N–H and O–H groups in total. The molecule has 4 aliphatic rings. The number of rotatable bonds is 5. The van der Waals surface area contributed by atoms with Crippen LogP contribution in [0.3, 0.4) is 0 Å². The largest absolute Gasteiger partial charge is 0.453 e. The van der Waals surface area contributed by atoms with Gasteiger partial charge in [0.2, 0.25) is 12.3 Å². The summed E-state index contributed by atoms with van der Waals surface area (Å²) in [6.07, 6.45) is 7.69. The van der Waals surface area contributed by atoms with Crippen LogP contribution in [-0.4, -0.2) is 51.7 Å². The molecule has 204 valence electrons. The van der Waals surface area contributed by atoms with E-state index in [2.05, 4.69) is 0 Å². The van der Waals surface area contributed by atoms with Crippen molar-refractivity contribution in [3.8, 4) is 0 Å². The highest BCUT2D eigenvalue weighted by molar-refractivity contribution is 6.01. The maximum atomic E-state index is 17.2. The Morgan fingerprint density at radius 2 is 1.89 bits per heavy atom. The second-order valence-electron chi connectivity index (χ2n) is 12.3. The topological polar surface area (TPSA) is 105 Å². The molecule has 38 heavy (non-hydrogen) atoms. The lowest BCUT2D eigenvalue weighted by molar-refractivity contribution is -0.686. The van der Waals surface area contributed by atoms with Crippen LogP contribution in [0.5, 0.6) is 0 Å². The van der Waals surface area contributed by atoms with E-state index < -0.39 is 58.4 Å². The van der Waals surface area contributed by atoms with Crippen LogP contribution in [0.15, 0.2) is 48.3 Å². The van der Waals surface area contributed by atoms with Gasteiger partial charge in [0.25, 0.3) is 0 Å². The molecule has 0 bridgehead atoms. The number of ketones is 2. The summed E-state index contributed by atoms with van der Waals surface area (Å²) in [6, 6.07) is 3.71. The van der Waals surface area contributed by atoms with E-state index >= 15 is 4.39 Å². The number of Topliss-reactive ketones (excluding diaryl/α,β-unsaturated/α-hetero) is 1. The van der Waals surface area contributed by atoms with E-state index in [1.54, 1.807) is 43.8 Å². The number of pyridine rings is 1. The molecule has 0 spiro atoms. The number of aryl methyl sites for hydroxylation is 1. The number of halogens is 1. The van der Waals surface area contributed by atoms with Gasteiger partial charge >= 0.3 is 5.97 Å². The zero-order valence-electron chi connectivity index (χ0n) is 22.4. The Kier molecular flexibility index (Phi) is 6.31. The number of nitrogens with zero attached hydrogens (tertiary/aromatic N) is 1. The van der Waals surface area contributed by atoms with Crippen molar-refractivity contribution in [2.24, 2.45) is 28.6 Å². The number of esters is 1. The maximum absolute atomic E-state index is 17.2. The second kappa shape index (κ2) is 8.91. The van der Waals surface area contributed by atoms with Gasteiger partial charge in [-0.1, -0.05) is 25.5 Å². The van der Waals surface area contributed by atoms with Gasteiger partial charge in [0.15, 0.2) is 30.5 Å². The van der Waals surface area contributed by atoms with Gasteiger partial charge in [-0.3, -0.25) is 9.59 Å². The highest BCUT2D eigenvalue weighted by Gasteiger charge is 2.75. The number of carbonyl (C=O) groups is 3. The number of fused-ring (bicyclic) bond motifs is 5. The van der Waals surface area contributed by atoms with Gasteiger partial charge in [0, 0.05) is 28.9 Å². The van der Waals surface area contributed by atoms with Gasteiger partial charge in [-0.15, -0.1) is 0 Å². The van der Waals surface area contributed by atoms with Gasteiger partial charge in [0.1, 0.15) is 5.60 Å². The van der Waals surface area contributed by atoms with Crippen LogP contribution in [0.25, 0.3) is 0 Å². The van der Waals surface area contributed by atoms with E-state index in [9.17, 15) is 24.6 Å². The fourth-order valence-electron chi connectivity index (χ4n) is 8.23. The molecule has 5 rings (SSSR count). The van der Waals surface area contributed by atoms with Crippen molar-refractivity contribution >= 4 is 17.5 Å². The lowest BCUT2D eigenvalue weighted by atomic mass is 9.44. The van der Waals surface area contributed by atoms with Gasteiger partial charge in [-0.25, -0.2) is 9.18 Å². The van der Waals surface area contributed by atoms with Crippen LogP contribution in [0.1, 0.15) is 52.0 Å². The summed E-state index contributed by atoms with van der Waals surface area (Å²) in [4.78, 5) is 38.0. The third-order valence-corrected chi connectivity index (χ3v) is 10.4. The van der Waals surface area contributed by atoms with Crippen molar-refractivity contribution in [1.82, 2.24) is 0 Å². The van der Waals surface area contributed by atoms with Crippen LogP contribution >= 0.6 is 0 Å². The molecule has 8 heteroatoms. The number of hydrogen-bond donors (Lipinski definition) is 2. The molecule has 0 amide bonds. The standard InChI is InChI=1S/C30H37FNO6/c1-18-8-11-32(12-9-18)16-26(36)38-17-25(35)30(37)19(2)13-23-22-6-5-20-14-21(33)7-10-27(20,3)29(22,31)24(34)15-28(23,30)4/h7-12,14,19,22-24,34,37H,5-6,13,15-17H2,1-4H3/q+1/t19-,22+,23+,24+,27+,28+,29+,30+/m1/s1. The number of aliphatic hydroxyl groups excluding tert-OH is 1. The summed E-state index contributed by atoms with van der Waals surface area (Å²) < 4.78 is 24.2. The average molecular weight is 527 g/mol. The summed E-state index contributed by atoms with van der Waals surface area (Å²) in [6.45, 7) is 6.54. The van der Waals surface area contributed by atoms with Gasteiger partial charge in [0.05, 0.1) is 6.10 Å². The molecular weight excluding hydrogens is 489 g/mol. The molecular formula is C30H37FNO6+. The maximum Gasteiger partial charge on any atom is 0.373 e. The van der Waals surface area contributed by atoms with Crippen LogP contribution in [-0.2, 0) is 25.7 Å². The van der Waals surface area contributed by atoms with Crippen LogP contribution < -0.4 is 4.57 Å². The number of aromatic nitrogens is 1. The number of ether oxygens (including phenoxy) is 1. The van der Waals surface area contributed by atoms with Gasteiger partial charge in [-0.05, 0) is 69.1 Å². The first-order chi connectivity index (χ1) is 17.8. The zero-order valence-corrected chi connectivity index (χ0v) is 22.4. The molecule has 0 aliphatic heterocycles. The minimum absolute atomic E-state index is 0.0724. The number of carbonyl (C=O) groups excluding carboxylic acids is 3. The minimum Gasteiger partial charge on any atom is -0.453 e. The smallest absolute Gasteiger partial charge is 0.373 e. The van der Waals surface area contributed by atoms with Crippen molar-refractivity contribution in [2.45, 2.75) is 77.3 Å². The van der Waals surface area contributed by atoms with Crippen molar-refractivity contribution in [1.29, 1.82) is 0 Å². The normalized spacial score (nSPS) is 41.6. The van der Waals surface area contributed by atoms with Gasteiger partial charge in [-0.2, -0.15) is 4.57 Å². The fourth-order valence-corrected chi connectivity index (χ4v) is 8.23. The Labute approximate surface area is 222 Å². The zero-order chi connectivity index (χ0) is 27.7. The first-order valence-electron chi connectivity index (χ1n) is 13.5. The molecule has 1 aromatic rings. The molecule has 0 radical (unpaired) electrons. The molecule has 3 saturated carbocycles. The summed E-state index contributed by atoms with van der Waals surface area (Å²) in [5, 5.41) is 23.4. The molecule has 7 nitrogen and oxygen atoms in total. The molecule has 0 aromatic carbocycles. The monoisotopic (exact) mass is 526 g/mol. The second-order valence-corrected chi connectivity index (χ2v) is 12.3. The lowest BCUT2D eigenvalue weighted by Gasteiger charge is -2.62. The SMILES string of the molecule is Cc1cc[n+](CC(=O)OCC(=O)[C@@]2(O)[C@H](C)C[C@H]3[C@@H]4CCC5=CC(=O)C=C[C@]5(C)[C@@]4(F)[C@@H](O)C[C@@]32C)cc1. The summed E-state index contributed by atoms with van der Waals surface area (Å²) in [7, 11) is 0. The van der Waals surface area contributed by atoms with E-state index in [0.29, 0.717) is 24.8 Å². The molecule has 0 unspecified atom stereocenters. The molecule has 3 fully saturated rings. The number of aliphatic hydroxyl groups is 2. The first-order valence-corrected chi connectivity index (χ1v) is 13.5. The minimum atomic E-state index is -2.04. The Hall–Kier alpha value is -2.71. The summed E-state index contributed by atoms with van der Waals surface area (Å²) in [5.41, 5.74) is -4.43. The fraction of sp³-hybridized carbons (Fsp3) is 0.600. The lowest BCUT2D eigenvalue weighted by Crippen LogP contribution is -2.69. The quantitative estimate of drug-likeness (QED) is 0.452. The number of hydrogen-bond acceptors (Lipinski definition) is 6. The summed E-state index contributed by atoms with van der Waals surface area (Å²) >= 11 is 0. The molecule has 1 heterocycles. The van der Waals surface area contributed by atoms with E-state index in [0.717, 1.165) is 5.56 Å². The molecule has 0 saturated heterocycles. The Balaban J connectivity index is 1.38. The van der Waals surface area contributed by atoms with Crippen LogP contribution in [0, 0.1) is 35.5 Å². The Morgan fingerprint density at radius 3 is 2.58 bits per heavy atom.